The average molecular weight is 374 g/mol. The Balaban J connectivity index is 1.67. The number of aromatic nitrogens is 1. The summed E-state index contributed by atoms with van der Waals surface area (Å²) in [6.07, 6.45) is 0.902. The summed E-state index contributed by atoms with van der Waals surface area (Å²) in [5, 5.41) is 10.2. The lowest BCUT2D eigenvalue weighted by Gasteiger charge is -2.32. The van der Waals surface area contributed by atoms with Gasteiger partial charge in [-0.2, -0.15) is 5.26 Å². The minimum Gasteiger partial charge on any atom is -0.339 e. The Morgan fingerprint density at radius 3 is 2.69 bits per heavy atom. The summed E-state index contributed by atoms with van der Waals surface area (Å²) in [5.74, 6) is 0.486. The number of likely N-dealkylation sites (N-methyl/N-ethyl adjacent to an activating group) is 1. The maximum absolute atomic E-state index is 12.5. The van der Waals surface area contributed by atoms with E-state index in [-0.39, 0.29) is 5.91 Å². The molecule has 26 heavy (non-hydrogen) atoms. The molecule has 2 aliphatic rings. The van der Waals surface area contributed by atoms with Gasteiger partial charge in [0.05, 0.1) is 11.3 Å². The van der Waals surface area contributed by atoms with E-state index in [4.69, 9.17) is 4.98 Å². The maximum atomic E-state index is 12.5. The van der Waals surface area contributed by atoms with Crippen LogP contribution in [0.5, 0.6) is 0 Å². The van der Waals surface area contributed by atoms with Gasteiger partial charge in [0.15, 0.2) is 0 Å². The van der Waals surface area contributed by atoms with Crippen LogP contribution in [-0.2, 0) is 17.8 Å². The van der Waals surface area contributed by atoms with Gasteiger partial charge in [-0.25, -0.2) is 4.98 Å². The number of piperazine rings is 1. The van der Waals surface area contributed by atoms with Crippen LogP contribution in [0.15, 0.2) is 11.1 Å². The molecule has 0 N–H and O–H groups in total. The van der Waals surface area contributed by atoms with E-state index in [0.717, 1.165) is 56.9 Å². The molecule has 1 aromatic heterocycles. The van der Waals surface area contributed by atoms with Crippen LogP contribution < -0.4 is 0 Å². The lowest BCUT2D eigenvalue weighted by atomic mass is 10.0. The van der Waals surface area contributed by atoms with Crippen LogP contribution in [0.1, 0.15) is 30.7 Å². The number of carbonyl (C=O) groups excluding carboxylic acids is 1. The van der Waals surface area contributed by atoms with Gasteiger partial charge in [0, 0.05) is 57.4 Å². The zero-order chi connectivity index (χ0) is 18.7. The molecule has 1 fully saturated rings. The molecule has 6 nitrogen and oxygen atoms in total. The Morgan fingerprint density at radius 1 is 1.31 bits per heavy atom. The monoisotopic (exact) mass is 373 g/mol. The zero-order valence-corrected chi connectivity index (χ0v) is 16.7. The van der Waals surface area contributed by atoms with Gasteiger partial charge in [0.1, 0.15) is 11.1 Å². The van der Waals surface area contributed by atoms with Crippen LogP contribution in [-0.4, -0.2) is 77.2 Å². The normalized spacial score (nSPS) is 18.7. The summed E-state index contributed by atoms with van der Waals surface area (Å²) in [4.78, 5) is 23.7. The number of hydrogen-bond acceptors (Lipinski definition) is 6. The van der Waals surface area contributed by atoms with Crippen LogP contribution >= 0.6 is 11.8 Å². The Kier molecular flexibility index (Phi) is 6.17. The van der Waals surface area contributed by atoms with Crippen molar-refractivity contribution in [3.8, 4) is 6.07 Å². The van der Waals surface area contributed by atoms with Crippen molar-refractivity contribution in [3.63, 3.8) is 0 Å². The van der Waals surface area contributed by atoms with Crippen LogP contribution in [0.3, 0.4) is 0 Å². The molecule has 0 atom stereocenters. The number of nitrogens with zero attached hydrogens (tertiary/aromatic N) is 5. The van der Waals surface area contributed by atoms with Gasteiger partial charge >= 0.3 is 0 Å². The third-order valence-corrected chi connectivity index (χ3v) is 6.18. The minimum atomic E-state index is 0.137. The first kappa shape index (κ1) is 19.2. The topological polar surface area (TPSA) is 63.5 Å². The summed E-state index contributed by atoms with van der Waals surface area (Å²) in [6.45, 7) is 9.63. The molecule has 0 bridgehead atoms. The molecule has 0 spiro atoms. The summed E-state index contributed by atoms with van der Waals surface area (Å²) < 4.78 is 0. The number of rotatable bonds is 4. The van der Waals surface area contributed by atoms with Crippen LogP contribution in [0.25, 0.3) is 0 Å². The first-order chi connectivity index (χ1) is 12.5. The fraction of sp³-hybridized carbons (Fsp3) is 0.632. The molecule has 1 amide bonds. The molecule has 0 aromatic carbocycles. The number of thioether (sulfide) groups is 1. The van der Waals surface area contributed by atoms with E-state index in [0.29, 0.717) is 22.4 Å². The highest BCUT2D eigenvalue weighted by Crippen LogP contribution is 2.27. The second-order valence-electron chi connectivity index (χ2n) is 7.35. The van der Waals surface area contributed by atoms with Gasteiger partial charge in [0.2, 0.25) is 5.91 Å². The Hall–Kier alpha value is -1.62. The molecule has 0 unspecified atom stereocenters. The van der Waals surface area contributed by atoms with Crippen molar-refractivity contribution in [1.82, 2.24) is 19.7 Å². The Labute approximate surface area is 160 Å². The minimum absolute atomic E-state index is 0.137. The quantitative estimate of drug-likeness (QED) is 0.747. The van der Waals surface area contributed by atoms with E-state index >= 15 is 0 Å². The Morgan fingerprint density at radius 2 is 2.04 bits per heavy atom. The number of amides is 1. The lowest BCUT2D eigenvalue weighted by molar-refractivity contribution is -0.129. The van der Waals surface area contributed by atoms with Crippen LogP contribution in [0.4, 0.5) is 0 Å². The van der Waals surface area contributed by atoms with Crippen molar-refractivity contribution in [1.29, 1.82) is 5.26 Å². The van der Waals surface area contributed by atoms with E-state index < -0.39 is 0 Å². The van der Waals surface area contributed by atoms with E-state index in [9.17, 15) is 10.1 Å². The molecule has 140 valence electrons. The van der Waals surface area contributed by atoms with Crippen molar-refractivity contribution in [2.45, 2.75) is 37.9 Å². The number of nitriles is 1. The molecule has 1 aromatic rings. The fourth-order valence-electron chi connectivity index (χ4n) is 3.38. The summed E-state index contributed by atoms with van der Waals surface area (Å²) in [5.41, 5.74) is 2.82. The number of carbonyl (C=O) groups is 1. The highest BCUT2D eigenvalue weighted by atomic mass is 32.2. The van der Waals surface area contributed by atoms with Gasteiger partial charge in [-0.1, -0.05) is 11.8 Å². The molecule has 1 saturated heterocycles. The highest BCUT2D eigenvalue weighted by Gasteiger charge is 2.23. The lowest BCUT2D eigenvalue weighted by Crippen LogP contribution is -2.47. The standard InChI is InChI=1S/C19H27N5OS/c1-14(2)24-5-4-17-16(12-24)10-15(11-20)19(21-17)26-13-18(25)23-8-6-22(3)7-9-23/h10,14H,4-9,12-13H2,1-3H3. The number of fused-ring (bicyclic) bond motifs is 1. The largest absolute Gasteiger partial charge is 0.339 e. The molecular weight excluding hydrogens is 346 g/mol. The first-order valence-electron chi connectivity index (χ1n) is 9.24. The second kappa shape index (κ2) is 8.38. The highest BCUT2D eigenvalue weighted by molar-refractivity contribution is 7.99. The molecule has 3 rings (SSSR count). The third-order valence-electron chi connectivity index (χ3n) is 5.20. The van der Waals surface area contributed by atoms with E-state index in [1.807, 2.05) is 11.0 Å². The van der Waals surface area contributed by atoms with Crippen LogP contribution in [0.2, 0.25) is 0 Å². The second-order valence-corrected chi connectivity index (χ2v) is 8.31. The van der Waals surface area contributed by atoms with Crippen molar-refractivity contribution in [2.75, 3.05) is 45.5 Å². The van der Waals surface area contributed by atoms with Crippen LogP contribution in [0, 0.1) is 11.3 Å². The molecule has 0 saturated carbocycles. The summed E-state index contributed by atoms with van der Waals surface area (Å²) in [7, 11) is 2.08. The Bertz CT molecular complexity index is 707. The van der Waals surface area contributed by atoms with E-state index in [2.05, 4.69) is 36.8 Å². The van der Waals surface area contributed by atoms with E-state index in [1.165, 1.54) is 11.8 Å². The van der Waals surface area contributed by atoms with Gasteiger partial charge in [-0.3, -0.25) is 9.69 Å². The SMILES string of the molecule is CC(C)N1CCc2nc(SCC(=O)N3CCN(C)CC3)c(C#N)cc2C1. The summed E-state index contributed by atoms with van der Waals surface area (Å²) in [6, 6.07) is 4.73. The summed E-state index contributed by atoms with van der Waals surface area (Å²) >= 11 is 1.40. The smallest absolute Gasteiger partial charge is 0.233 e. The van der Waals surface area contributed by atoms with Gasteiger partial charge in [-0.05, 0) is 32.5 Å². The van der Waals surface area contributed by atoms with Crippen molar-refractivity contribution >= 4 is 17.7 Å². The average Bonchev–Trinajstić information content (AvgIpc) is 2.65. The van der Waals surface area contributed by atoms with Crippen molar-refractivity contribution in [2.24, 2.45) is 0 Å². The number of pyridine rings is 1. The molecule has 0 radical (unpaired) electrons. The van der Waals surface area contributed by atoms with Gasteiger partial charge in [0.25, 0.3) is 0 Å². The van der Waals surface area contributed by atoms with Gasteiger partial charge in [-0.15, -0.1) is 0 Å². The molecule has 7 heteroatoms. The van der Waals surface area contributed by atoms with Gasteiger partial charge < -0.3 is 9.80 Å². The predicted molar refractivity (Wildman–Crippen MR) is 103 cm³/mol. The number of hydrogen-bond donors (Lipinski definition) is 0. The molecule has 2 aliphatic heterocycles. The fourth-order valence-corrected chi connectivity index (χ4v) is 4.26. The van der Waals surface area contributed by atoms with Crippen molar-refractivity contribution < 1.29 is 4.79 Å². The van der Waals surface area contributed by atoms with Crippen molar-refractivity contribution in [3.05, 3.63) is 22.9 Å². The predicted octanol–water partition coefficient (Wildman–Crippen LogP) is 1.59. The molecular formula is C19H27N5OS. The molecule has 0 aliphatic carbocycles. The molecule has 3 heterocycles. The zero-order valence-electron chi connectivity index (χ0n) is 15.9. The first-order valence-corrected chi connectivity index (χ1v) is 10.2. The maximum Gasteiger partial charge on any atom is 0.233 e. The third kappa shape index (κ3) is 4.37. The van der Waals surface area contributed by atoms with E-state index in [1.54, 1.807) is 0 Å².